The lowest BCUT2D eigenvalue weighted by molar-refractivity contribution is 0.102. The summed E-state index contributed by atoms with van der Waals surface area (Å²) in [6, 6.07) is 10.3. The first-order chi connectivity index (χ1) is 8.16. The lowest BCUT2D eigenvalue weighted by Crippen LogP contribution is -2.15. The molecule has 0 aliphatic rings. The molecule has 0 aliphatic carbocycles. The van der Waals surface area contributed by atoms with Crippen LogP contribution in [0, 0.1) is 6.92 Å². The number of carbonyl (C=O) groups excluding carboxylic acids is 1. The Morgan fingerprint density at radius 2 is 1.94 bits per heavy atom. The van der Waals surface area contributed by atoms with Crippen molar-refractivity contribution < 1.29 is 4.79 Å². The van der Waals surface area contributed by atoms with E-state index in [1.807, 2.05) is 6.92 Å². The number of nitrogens with two attached hydrogens (primary N) is 1. The number of nitrogens with one attached hydrogen (secondary N) is 1. The molecule has 0 aliphatic heterocycles. The summed E-state index contributed by atoms with van der Waals surface area (Å²) < 4.78 is 0. The molecule has 0 radical (unpaired) electrons. The van der Waals surface area contributed by atoms with Crippen molar-refractivity contribution in [1.29, 1.82) is 0 Å². The van der Waals surface area contributed by atoms with Gasteiger partial charge in [0.15, 0.2) is 5.82 Å². The van der Waals surface area contributed by atoms with Crippen LogP contribution in [0.5, 0.6) is 0 Å². The Hall–Kier alpha value is -2.43. The van der Waals surface area contributed by atoms with Gasteiger partial charge in [-0.05, 0) is 31.2 Å². The molecule has 5 nitrogen and oxygen atoms in total. The van der Waals surface area contributed by atoms with Gasteiger partial charge in [0.25, 0.3) is 5.91 Å². The highest BCUT2D eigenvalue weighted by Gasteiger charge is 2.09. The summed E-state index contributed by atoms with van der Waals surface area (Å²) in [4.78, 5) is 11.9. The third-order valence-corrected chi connectivity index (χ3v) is 2.24. The van der Waals surface area contributed by atoms with Crippen LogP contribution in [0.4, 0.5) is 11.5 Å². The highest BCUT2D eigenvalue weighted by molar-refractivity contribution is 6.07. The molecule has 17 heavy (non-hydrogen) atoms. The van der Waals surface area contributed by atoms with Gasteiger partial charge in [0.1, 0.15) is 0 Å². The van der Waals surface area contributed by atoms with Gasteiger partial charge in [-0.2, -0.15) is 5.10 Å². The largest absolute Gasteiger partial charge is 0.398 e. The summed E-state index contributed by atoms with van der Waals surface area (Å²) in [6.07, 6.45) is 0. The van der Waals surface area contributed by atoms with E-state index in [4.69, 9.17) is 5.73 Å². The number of hydrogen-bond acceptors (Lipinski definition) is 4. The molecular weight excluding hydrogens is 216 g/mol. The molecule has 1 amide bonds. The molecule has 2 aromatic rings. The van der Waals surface area contributed by atoms with Gasteiger partial charge >= 0.3 is 0 Å². The number of nitrogen functional groups attached to an aromatic ring is 1. The minimum Gasteiger partial charge on any atom is -0.398 e. The molecule has 0 atom stereocenters. The van der Waals surface area contributed by atoms with Crippen LogP contribution in [0.25, 0.3) is 0 Å². The zero-order valence-corrected chi connectivity index (χ0v) is 9.34. The molecule has 0 saturated heterocycles. The van der Waals surface area contributed by atoms with Crippen LogP contribution >= 0.6 is 0 Å². The number of nitrogens with zero attached hydrogens (tertiary/aromatic N) is 2. The van der Waals surface area contributed by atoms with E-state index in [0.717, 1.165) is 5.69 Å². The van der Waals surface area contributed by atoms with Crippen LogP contribution in [-0.4, -0.2) is 16.1 Å². The molecule has 86 valence electrons. The van der Waals surface area contributed by atoms with Crippen LogP contribution in [-0.2, 0) is 0 Å². The van der Waals surface area contributed by atoms with E-state index in [1.54, 1.807) is 36.4 Å². The predicted molar refractivity (Wildman–Crippen MR) is 65.6 cm³/mol. The molecular formula is C12H12N4O. The van der Waals surface area contributed by atoms with Crippen LogP contribution in [0.3, 0.4) is 0 Å². The minimum atomic E-state index is -0.291. The van der Waals surface area contributed by atoms with Gasteiger partial charge in [-0.1, -0.05) is 12.1 Å². The average Bonchev–Trinajstić information content (AvgIpc) is 2.32. The molecule has 0 saturated carbocycles. The Bertz CT molecular complexity index is 536. The maximum Gasteiger partial charge on any atom is 0.258 e. The molecule has 3 N–H and O–H groups in total. The molecule has 1 aromatic heterocycles. The van der Waals surface area contributed by atoms with Gasteiger partial charge < -0.3 is 11.1 Å². The normalized spacial score (nSPS) is 9.94. The molecule has 0 spiro atoms. The lowest BCUT2D eigenvalue weighted by Gasteiger charge is -2.05. The standard InChI is InChI=1S/C12H12N4O/c1-8-6-7-11(16-15-8)14-12(17)9-4-2-3-5-10(9)13/h2-7H,13H2,1H3,(H,14,16,17). The zero-order chi connectivity index (χ0) is 12.3. The van der Waals surface area contributed by atoms with Crippen molar-refractivity contribution in [2.24, 2.45) is 0 Å². The SMILES string of the molecule is Cc1ccc(NC(=O)c2ccccc2N)nn1. The summed E-state index contributed by atoms with van der Waals surface area (Å²) in [5.74, 6) is 0.116. The zero-order valence-electron chi connectivity index (χ0n) is 9.34. The van der Waals surface area contributed by atoms with E-state index < -0.39 is 0 Å². The van der Waals surface area contributed by atoms with Gasteiger partial charge in [-0.15, -0.1) is 5.10 Å². The van der Waals surface area contributed by atoms with Crippen molar-refractivity contribution in [3.63, 3.8) is 0 Å². The van der Waals surface area contributed by atoms with E-state index in [0.29, 0.717) is 17.1 Å². The molecule has 1 heterocycles. The highest BCUT2D eigenvalue weighted by atomic mass is 16.1. The predicted octanol–water partition coefficient (Wildman–Crippen LogP) is 1.62. The number of aromatic nitrogens is 2. The van der Waals surface area contributed by atoms with Crippen LogP contribution < -0.4 is 11.1 Å². The minimum absolute atomic E-state index is 0.291. The van der Waals surface area contributed by atoms with Crippen molar-refractivity contribution in [3.8, 4) is 0 Å². The fourth-order valence-corrected chi connectivity index (χ4v) is 1.35. The fourth-order valence-electron chi connectivity index (χ4n) is 1.35. The Balaban J connectivity index is 2.17. The number of aryl methyl sites for hydroxylation is 1. The van der Waals surface area contributed by atoms with E-state index in [1.165, 1.54) is 0 Å². The third kappa shape index (κ3) is 2.57. The van der Waals surface area contributed by atoms with Gasteiger partial charge in [0, 0.05) is 5.69 Å². The molecule has 1 aromatic carbocycles. The molecule has 0 fully saturated rings. The van der Waals surface area contributed by atoms with Gasteiger partial charge in [0.2, 0.25) is 0 Å². The van der Waals surface area contributed by atoms with Crippen LogP contribution in [0.2, 0.25) is 0 Å². The van der Waals surface area contributed by atoms with Crippen molar-refractivity contribution in [2.45, 2.75) is 6.92 Å². The second-order valence-electron chi connectivity index (χ2n) is 3.60. The van der Waals surface area contributed by atoms with Crippen LogP contribution in [0.15, 0.2) is 36.4 Å². The second kappa shape index (κ2) is 4.61. The molecule has 5 heteroatoms. The Labute approximate surface area is 98.7 Å². The quantitative estimate of drug-likeness (QED) is 0.765. The molecule has 0 unspecified atom stereocenters. The van der Waals surface area contributed by atoms with E-state index in [2.05, 4.69) is 15.5 Å². The van der Waals surface area contributed by atoms with Crippen molar-refractivity contribution in [2.75, 3.05) is 11.1 Å². The number of benzene rings is 1. The first-order valence-electron chi connectivity index (χ1n) is 5.13. The summed E-state index contributed by atoms with van der Waals surface area (Å²) in [7, 11) is 0. The summed E-state index contributed by atoms with van der Waals surface area (Å²) in [5, 5.41) is 10.3. The van der Waals surface area contributed by atoms with E-state index in [-0.39, 0.29) is 5.91 Å². The number of hydrogen-bond donors (Lipinski definition) is 2. The van der Waals surface area contributed by atoms with Crippen molar-refractivity contribution >= 4 is 17.4 Å². The third-order valence-electron chi connectivity index (χ3n) is 2.24. The maximum atomic E-state index is 11.9. The van der Waals surface area contributed by atoms with Gasteiger partial charge in [-0.25, -0.2) is 0 Å². The fraction of sp³-hybridized carbons (Fsp3) is 0.0833. The smallest absolute Gasteiger partial charge is 0.258 e. The average molecular weight is 228 g/mol. The van der Waals surface area contributed by atoms with E-state index in [9.17, 15) is 4.79 Å². The van der Waals surface area contributed by atoms with Gasteiger partial charge in [-0.3, -0.25) is 4.79 Å². The highest BCUT2D eigenvalue weighted by Crippen LogP contribution is 2.12. The Kier molecular flexibility index (Phi) is 3.00. The topological polar surface area (TPSA) is 80.9 Å². The number of amides is 1. The first-order valence-corrected chi connectivity index (χ1v) is 5.13. The van der Waals surface area contributed by atoms with E-state index >= 15 is 0 Å². The number of rotatable bonds is 2. The summed E-state index contributed by atoms with van der Waals surface area (Å²) in [5.41, 5.74) is 7.36. The summed E-state index contributed by atoms with van der Waals surface area (Å²) in [6.45, 7) is 1.83. The monoisotopic (exact) mass is 228 g/mol. The molecule has 0 bridgehead atoms. The maximum absolute atomic E-state index is 11.9. The lowest BCUT2D eigenvalue weighted by atomic mass is 10.1. The second-order valence-corrected chi connectivity index (χ2v) is 3.60. The Morgan fingerprint density at radius 3 is 2.59 bits per heavy atom. The first kappa shape index (κ1) is 11.1. The number of carbonyl (C=O) groups is 1. The Morgan fingerprint density at radius 1 is 1.18 bits per heavy atom. The number of para-hydroxylation sites is 1. The van der Waals surface area contributed by atoms with Crippen molar-refractivity contribution in [3.05, 3.63) is 47.7 Å². The van der Waals surface area contributed by atoms with Gasteiger partial charge in [0.05, 0.1) is 11.3 Å². The molecule has 2 rings (SSSR count). The van der Waals surface area contributed by atoms with Crippen LogP contribution in [0.1, 0.15) is 16.1 Å². The summed E-state index contributed by atoms with van der Waals surface area (Å²) >= 11 is 0. The number of anilines is 2. The van der Waals surface area contributed by atoms with Crippen molar-refractivity contribution in [1.82, 2.24) is 10.2 Å².